The minimum Gasteiger partial charge on any atom is -0.462 e. The van der Waals surface area contributed by atoms with Crippen molar-refractivity contribution in [3.8, 4) is 0 Å². The highest BCUT2D eigenvalue weighted by Crippen LogP contribution is 2.66. The van der Waals surface area contributed by atoms with Gasteiger partial charge in [0.25, 0.3) is 0 Å². The van der Waals surface area contributed by atoms with Gasteiger partial charge in [-0.15, -0.1) is 0 Å². The Bertz CT molecular complexity index is 1050. The van der Waals surface area contributed by atoms with Crippen molar-refractivity contribution in [1.82, 2.24) is 0 Å². The molecule has 3 fully saturated rings. The highest BCUT2D eigenvalue weighted by atomic mass is 16.6. The van der Waals surface area contributed by atoms with Crippen molar-refractivity contribution in [2.45, 2.75) is 109 Å². The fourth-order valence-corrected chi connectivity index (χ4v) is 6.99. The van der Waals surface area contributed by atoms with E-state index in [1.165, 1.54) is 29.5 Å². The van der Waals surface area contributed by atoms with Gasteiger partial charge in [-0.05, 0) is 72.0 Å². The lowest BCUT2D eigenvalue weighted by atomic mass is 9.62. The number of fused-ring (bicyclic) bond motifs is 3. The van der Waals surface area contributed by atoms with Crippen molar-refractivity contribution >= 4 is 11.9 Å². The van der Waals surface area contributed by atoms with Crippen LogP contribution in [0.4, 0.5) is 0 Å². The van der Waals surface area contributed by atoms with E-state index in [4.69, 9.17) is 9.47 Å². The first-order valence-corrected chi connectivity index (χ1v) is 12.7. The Morgan fingerprint density at radius 1 is 0.939 bits per heavy atom. The summed E-state index contributed by atoms with van der Waals surface area (Å²) in [4.78, 5) is 25.8. The van der Waals surface area contributed by atoms with E-state index in [9.17, 15) is 9.59 Å². The number of rotatable bonds is 4. The maximum Gasteiger partial charge on any atom is 0.351 e. The van der Waals surface area contributed by atoms with Crippen molar-refractivity contribution < 1.29 is 19.1 Å². The molecule has 2 bridgehead atoms. The lowest BCUT2D eigenvalue weighted by Gasteiger charge is -2.42. The van der Waals surface area contributed by atoms with Gasteiger partial charge in [-0.3, -0.25) is 4.79 Å². The molecule has 1 aliphatic heterocycles. The maximum absolute atomic E-state index is 13.3. The number of hydrogen-bond acceptors (Lipinski definition) is 4. The summed E-state index contributed by atoms with van der Waals surface area (Å²) in [6, 6.07) is 7.07. The third kappa shape index (κ3) is 2.82. The molecule has 3 aliphatic carbocycles. The van der Waals surface area contributed by atoms with Crippen LogP contribution in [0.1, 0.15) is 104 Å². The van der Waals surface area contributed by atoms with Crippen molar-refractivity contribution in [3.05, 3.63) is 34.9 Å². The van der Waals surface area contributed by atoms with Gasteiger partial charge in [0.2, 0.25) is 5.60 Å². The summed E-state index contributed by atoms with van der Waals surface area (Å²) in [5.41, 5.74) is 2.42. The minimum atomic E-state index is -1.13. The molecular weight excluding hydrogens is 412 g/mol. The van der Waals surface area contributed by atoms with E-state index in [0.717, 1.165) is 6.42 Å². The van der Waals surface area contributed by atoms with Gasteiger partial charge < -0.3 is 9.47 Å². The highest BCUT2D eigenvalue weighted by molar-refractivity contribution is 5.93. The molecule has 4 nitrogen and oxygen atoms in total. The molecule has 1 aromatic carbocycles. The molecule has 4 heteroatoms. The first kappa shape index (κ1) is 22.9. The van der Waals surface area contributed by atoms with Crippen LogP contribution in [0, 0.1) is 16.7 Å². The number of carbonyl (C=O) groups excluding carboxylic acids is 2. The van der Waals surface area contributed by atoms with Gasteiger partial charge in [0.1, 0.15) is 0 Å². The Balaban J connectivity index is 1.32. The summed E-state index contributed by atoms with van der Waals surface area (Å²) in [6.07, 6.45) is 4.65. The summed E-state index contributed by atoms with van der Waals surface area (Å²) >= 11 is 0. The normalized spacial score (nSPS) is 39.0. The molecule has 0 N–H and O–H groups in total. The van der Waals surface area contributed by atoms with Crippen molar-refractivity contribution in [3.63, 3.8) is 0 Å². The summed E-state index contributed by atoms with van der Waals surface area (Å²) in [5.74, 6) is -0.320. The average molecular weight is 453 g/mol. The highest BCUT2D eigenvalue weighted by Gasteiger charge is 2.76. The van der Waals surface area contributed by atoms with E-state index in [1.54, 1.807) is 0 Å². The van der Waals surface area contributed by atoms with E-state index in [2.05, 4.69) is 52.8 Å². The first-order chi connectivity index (χ1) is 15.1. The summed E-state index contributed by atoms with van der Waals surface area (Å²) < 4.78 is 11.6. The van der Waals surface area contributed by atoms with E-state index < -0.39 is 16.4 Å². The van der Waals surface area contributed by atoms with Crippen LogP contribution in [0.3, 0.4) is 0 Å². The number of hydrogen-bond donors (Lipinski definition) is 0. The number of benzene rings is 1. The molecule has 1 saturated heterocycles. The molecule has 180 valence electrons. The smallest absolute Gasteiger partial charge is 0.351 e. The van der Waals surface area contributed by atoms with E-state index >= 15 is 0 Å². The quantitative estimate of drug-likeness (QED) is 0.528. The number of ether oxygens (including phenoxy) is 2. The van der Waals surface area contributed by atoms with Gasteiger partial charge in [-0.1, -0.05) is 66.7 Å². The number of esters is 2. The van der Waals surface area contributed by atoms with E-state index in [0.29, 0.717) is 25.4 Å². The Kier molecular flexibility index (Phi) is 4.47. The SMILES string of the molecule is CC1(C)CCC(C)(C)c2cc([C@@]3(C)C[C@H]3COC(=O)[C@@]34CC[C@@](C)(C(=O)O3)C4(C)C)ccc21. The Labute approximate surface area is 198 Å². The largest absolute Gasteiger partial charge is 0.462 e. The second-order valence-electron chi connectivity index (χ2n) is 13.6. The molecule has 33 heavy (non-hydrogen) atoms. The third-order valence-electron chi connectivity index (χ3n) is 10.8. The van der Waals surface area contributed by atoms with Crippen LogP contribution in [-0.2, 0) is 35.3 Å². The average Bonchev–Trinajstić information content (AvgIpc) is 3.33. The molecule has 0 aromatic heterocycles. The maximum atomic E-state index is 13.3. The van der Waals surface area contributed by atoms with E-state index in [-0.39, 0.29) is 28.2 Å². The predicted molar refractivity (Wildman–Crippen MR) is 128 cm³/mol. The predicted octanol–water partition coefficient (Wildman–Crippen LogP) is 5.98. The molecule has 1 aromatic rings. The molecule has 5 rings (SSSR count). The first-order valence-electron chi connectivity index (χ1n) is 12.7. The molecule has 0 unspecified atom stereocenters. The molecule has 0 spiro atoms. The third-order valence-corrected chi connectivity index (χ3v) is 10.8. The zero-order valence-electron chi connectivity index (χ0n) is 21.7. The topological polar surface area (TPSA) is 52.6 Å². The monoisotopic (exact) mass is 452 g/mol. The fraction of sp³-hybridized carbons (Fsp3) is 0.724. The van der Waals surface area contributed by atoms with Crippen LogP contribution >= 0.6 is 0 Å². The van der Waals surface area contributed by atoms with E-state index in [1.807, 2.05) is 20.8 Å². The molecule has 2 saturated carbocycles. The van der Waals surface area contributed by atoms with Crippen molar-refractivity contribution in [2.24, 2.45) is 16.7 Å². The van der Waals surface area contributed by atoms with Crippen LogP contribution in [-0.4, -0.2) is 24.1 Å². The second-order valence-corrected chi connectivity index (χ2v) is 13.6. The fourth-order valence-electron chi connectivity index (χ4n) is 6.99. The van der Waals surface area contributed by atoms with Crippen LogP contribution < -0.4 is 0 Å². The molecule has 4 aliphatic rings. The van der Waals surface area contributed by atoms with Gasteiger partial charge in [0, 0.05) is 11.3 Å². The molecule has 0 amide bonds. The Morgan fingerprint density at radius 2 is 1.58 bits per heavy atom. The summed E-state index contributed by atoms with van der Waals surface area (Å²) in [7, 11) is 0. The Hall–Kier alpha value is -1.84. The van der Waals surface area contributed by atoms with Gasteiger partial charge >= 0.3 is 11.9 Å². The zero-order valence-corrected chi connectivity index (χ0v) is 21.7. The molecule has 4 atom stereocenters. The summed E-state index contributed by atoms with van der Waals surface area (Å²) in [5, 5.41) is 0. The lowest BCUT2D eigenvalue weighted by molar-refractivity contribution is -0.183. The zero-order chi connectivity index (χ0) is 24.2. The van der Waals surface area contributed by atoms with Gasteiger partial charge in [0.15, 0.2) is 0 Å². The van der Waals surface area contributed by atoms with Crippen LogP contribution in [0.25, 0.3) is 0 Å². The molecular formula is C29H40O4. The summed E-state index contributed by atoms with van der Waals surface area (Å²) in [6.45, 7) is 18.0. The lowest BCUT2D eigenvalue weighted by Crippen LogP contribution is -2.49. The molecule has 0 radical (unpaired) electrons. The van der Waals surface area contributed by atoms with Crippen LogP contribution in [0.5, 0.6) is 0 Å². The van der Waals surface area contributed by atoms with Crippen LogP contribution in [0.15, 0.2) is 18.2 Å². The van der Waals surface area contributed by atoms with Crippen molar-refractivity contribution in [1.29, 1.82) is 0 Å². The van der Waals surface area contributed by atoms with Gasteiger partial charge in [0.05, 0.1) is 12.0 Å². The number of carbonyl (C=O) groups is 2. The standard InChI is InChI=1S/C29H40O4/c1-24(2)11-12-25(3,4)21-15-18(9-10-20(21)24)27(7)16-19(27)17-32-23(31)29-14-13-28(8,22(30)33-29)26(29,5)6/h9-10,15,19H,11-14,16-17H2,1-8H3/t19-,27+,28-,29+/m0/s1. The second kappa shape index (κ2) is 6.43. The Morgan fingerprint density at radius 3 is 2.15 bits per heavy atom. The van der Waals surface area contributed by atoms with Gasteiger partial charge in [-0.2, -0.15) is 0 Å². The minimum absolute atomic E-state index is 0.0245. The van der Waals surface area contributed by atoms with Gasteiger partial charge in [-0.25, -0.2) is 4.79 Å². The van der Waals surface area contributed by atoms with Crippen molar-refractivity contribution in [2.75, 3.05) is 6.61 Å². The molecule has 1 heterocycles. The van der Waals surface area contributed by atoms with Crippen LogP contribution in [0.2, 0.25) is 0 Å².